The number of hydrogen-bond acceptors (Lipinski definition) is 8. The Hall–Kier alpha value is -2.95. The van der Waals surface area contributed by atoms with Gasteiger partial charge < -0.3 is 0 Å². The average Bonchev–Trinajstić information content (AvgIpc) is 2.99. The highest BCUT2D eigenvalue weighted by atomic mass is 32.1. The van der Waals surface area contributed by atoms with E-state index >= 15 is 0 Å². The summed E-state index contributed by atoms with van der Waals surface area (Å²) in [6.07, 6.45) is 2.68. The fourth-order valence-electron chi connectivity index (χ4n) is 2.10. The minimum Gasteiger partial charge on any atom is -0.296 e. The number of nitrogens with one attached hydrogen (secondary N) is 1. The first-order valence-electron chi connectivity index (χ1n) is 7.40. The molecule has 132 valence electrons. The van der Waals surface area contributed by atoms with Crippen molar-refractivity contribution < 1.29 is 14.6 Å². The number of aromatic nitrogens is 2. The molecule has 0 saturated heterocycles. The van der Waals surface area contributed by atoms with Crippen molar-refractivity contribution >= 4 is 33.8 Å². The van der Waals surface area contributed by atoms with Crippen molar-refractivity contribution in [3.8, 4) is 0 Å². The molecule has 1 heterocycles. The largest absolute Gasteiger partial charge is 0.296 e. The summed E-state index contributed by atoms with van der Waals surface area (Å²) in [6, 6.07) is 2.02. The van der Waals surface area contributed by atoms with Gasteiger partial charge in [-0.1, -0.05) is 24.7 Å². The van der Waals surface area contributed by atoms with E-state index in [4.69, 9.17) is 0 Å². The number of hydrogen-bond donors (Lipinski definition) is 1. The van der Waals surface area contributed by atoms with Gasteiger partial charge in [0.15, 0.2) is 0 Å². The summed E-state index contributed by atoms with van der Waals surface area (Å²) in [4.78, 5) is 32.9. The molecule has 11 heteroatoms. The first-order chi connectivity index (χ1) is 11.8. The Kier molecular flexibility index (Phi) is 5.70. The molecule has 1 N–H and O–H groups in total. The summed E-state index contributed by atoms with van der Waals surface area (Å²) in [7, 11) is 0. The lowest BCUT2D eigenvalue weighted by Crippen LogP contribution is -2.13. The van der Waals surface area contributed by atoms with Gasteiger partial charge >= 0.3 is 0 Å². The summed E-state index contributed by atoms with van der Waals surface area (Å²) < 4.78 is 0. The third-order valence-corrected chi connectivity index (χ3v) is 4.34. The molecule has 1 aromatic heterocycles. The van der Waals surface area contributed by atoms with E-state index in [-0.39, 0.29) is 16.3 Å². The molecule has 0 atom stereocenters. The van der Waals surface area contributed by atoms with Crippen LogP contribution in [0.3, 0.4) is 0 Å². The molecule has 1 aromatic carbocycles. The van der Waals surface area contributed by atoms with E-state index in [1.54, 1.807) is 0 Å². The third-order valence-electron chi connectivity index (χ3n) is 3.44. The van der Waals surface area contributed by atoms with E-state index in [9.17, 15) is 25.0 Å². The van der Waals surface area contributed by atoms with E-state index in [1.165, 1.54) is 18.3 Å². The zero-order chi connectivity index (χ0) is 18.6. The topological polar surface area (TPSA) is 141 Å². The van der Waals surface area contributed by atoms with Gasteiger partial charge in [0.2, 0.25) is 5.13 Å². The first kappa shape index (κ1) is 18.4. The van der Waals surface area contributed by atoms with Crippen LogP contribution < -0.4 is 5.32 Å². The zero-order valence-electron chi connectivity index (χ0n) is 13.5. The predicted molar refractivity (Wildman–Crippen MR) is 91.0 cm³/mol. The quantitative estimate of drug-likeness (QED) is 0.586. The van der Waals surface area contributed by atoms with E-state index in [2.05, 4.69) is 15.5 Å². The molecule has 0 saturated carbocycles. The number of nitro benzene ring substituents is 2. The van der Waals surface area contributed by atoms with Crippen LogP contribution >= 0.6 is 11.3 Å². The summed E-state index contributed by atoms with van der Waals surface area (Å²) in [5.74, 6) is -0.718. The Morgan fingerprint density at radius 1 is 1.20 bits per heavy atom. The molecule has 0 aliphatic heterocycles. The van der Waals surface area contributed by atoms with Crippen molar-refractivity contribution in [3.05, 3.63) is 48.5 Å². The minimum atomic E-state index is -0.757. The van der Waals surface area contributed by atoms with Crippen molar-refractivity contribution in [2.45, 2.75) is 33.1 Å². The van der Waals surface area contributed by atoms with Gasteiger partial charge in [-0.2, -0.15) is 0 Å². The van der Waals surface area contributed by atoms with Gasteiger partial charge in [0, 0.05) is 18.6 Å². The molecule has 0 aliphatic rings. The molecule has 0 radical (unpaired) electrons. The van der Waals surface area contributed by atoms with Crippen molar-refractivity contribution in [1.29, 1.82) is 0 Å². The maximum absolute atomic E-state index is 12.3. The lowest BCUT2D eigenvalue weighted by atomic mass is 10.1. The summed E-state index contributed by atoms with van der Waals surface area (Å²) in [5, 5.41) is 33.4. The lowest BCUT2D eigenvalue weighted by Gasteiger charge is -2.04. The Bertz CT molecular complexity index is 800. The number of rotatable bonds is 7. The number of carbonyl (C=O) groups excluding carboxylic acids is 1. The second-order valence-electron chi connectivity index (χ2n) is 5.21. The molecule has 0 fully saturated rings. The molecule has 0 aliphatic carbocycles. The number of anilines is 1. The standard InChI is InChI=1S/C14H15N5O5S/c1-3-4-5-12-16-17-14(25-12)15-13(20)9-6-10(18(21)22)8(2)11(7-9)19(23)24/h6-7H,3-5H2,1-2H3,(H,15,17,20). The van der Waals surface area contributed by atoms with Crippen molar-refractivity contribution in [2.75, 3.05) is 5.32 Å². The smallest absolute Gasteiger partial charge is 0.279 e. The maximum Gasteiger partial charge on any atom is 0.279 e. The van der Waals surface area contributed by atoms with Crippen molar-refractivity contribution in [1.82, 2.24) is 10.2 Å². The fraction of sp³-hybridized carbons (Fsp3) is 0.357. The molecular formula is C14H15N5O5S. The van der Waals surface area contributed by atoms with Gasteiger partial charge in [-0.3, -0.25) is 30.3 Å². The molecule has 25 heavy (non-hydrogen) atoms. The van der Waals surface area contributed by atoms with Gasteiger partial charge in [-0.05, 0) is 13.3 Å². The molecule has 0 unspecified atom stereocenters. The number of nitro groups is 2. The predicted octanol–water partition coefficient (Wildman–Crippen LogP) is 3.26. The van der Waals surface area contributed by atoms with Crippen molar-refractivity contribution in [3.63, 3.8) is 0 Å². The van der Waals surface area contributed by atoms with Crippen LogP contribution in [0.1, 0.15) is 40.7 Å². The van der Waals surface area contributed by atoms with E-state index in [1.807, 2.05) is 6.92 Å². The summed E-state index contributed by atoms with van der Waals surface area (Å²) in [6.45, 7) is 3.31. The van der Waals surface area contributed by atoms with E-state index < -0.39 is 27.1 Å². The molecule has 0 spiro atoms. The van der Waals surface area contributed by atoms with Crippen LogP contribution in [0.5, 0.6) is 0 Å². The fourth-order valence-corrected chi connectivity index (χ4v) is 2.87. The van der Waals surface area contributed by atoms with Crippen LogP contribution in [0.2, 0.25) is 0 Å². The number of aryl methyl sites for hydroxylation is 1. The highest BCUT2D eigenvalue weighted by Gasteiger charge is 2.25. The molecule has 0 bridgehead atoms. The number of benzene rings is 1. The first-order valence-corrected chi connectivity index (χ1v) is 8.22. The Balaban J connectivity index is 2.28. The SMILES string of the molecule is CCCCc1nnc(NC(=O)c2cc([N+](=O)[O-])c(C)c([N+](=O)[O-])c2)s1. The summed E-state index contributed by atoms with van der Waals surface area (Å²) in [5.41, 5.74) is -1.26. The number of nitrogens with zero attached hydrogens (tertiary/aromatic N) is 4. The van der Waals surface area contributed by atoms with Gasteiger partial charge in [0.25, 0.3) is 17.3 Å². The van der Waals surface area contributed by atoms with Crippen LogP contribution in [0.4, 0.5) is 16.5 Å². The zero-order valence-corrected chi connectivity index (χ0v) is 14.3. The van der Waals surface area contributed by atoms with Gasteiger partial charge in [-0.25, -0.2) is 0 Å². The molecule has 1 amide bonds. The van der Waals surface area contributed by atoms with Crippen LogP contribution in [-0.2, 0) is 6.42 Å². The molecule has 2 aromatic rings. The number of carbonyl (C=O) groups is 1. The van der Waals surface area contributed by atoms with E-state index in [0.717, 1.165) is 36.4 Å². The minimum absolute atomic E-state index is 0.107. The second kappa shape index (κ2) is 7.75. The van der Waals surface area contributed by atoms with Crippen LogP contribution in [0.15, 0.2) is 12.1 Å². The Morgan fingerprint density at radius 3 is 2.32 bits per heavy atom. The average molecular weight is 365 g/mol. The van der Waals surface area contributed by atoms with Crippen LogP contribution in [0, 0.1) is 27.2 Å². The highest BCUT2D eigenvalue weighted by molar-refractivity contribution is 7.15. The number of amides is 1. The normalized spacial score (nSPS) is 10.5. The lowest BCUT2D eigenvalue weighted by molar-refractivity contribution is -0.395. The maximum atomic E-state index is 12.3. The van der Waals surface area contributed by atoms with Gasteiger partial charge in [0.1, 0.15) is 10.6 Å². The van der Waals surface area contributed by atoms with E-state index in [0.29, 0.717) is 0 Å². The van der Waals surface area contributed by atoms with Gasteiger partial charge in [-0.15, -0.1) is 10.2 Å². The summed E-state index contributed by atoms with van der Waals surface area (Å²) >= 11 is 1.20. The van der Waals surface area contributed by atoms with Crippen LogP contribution in [-0.4, -0.2) is 26.0 Å². The second-order valence-corrected chi connectivity index (χ2v) is 6.27. The molecule has 2 rings (SSSR count). The van der Waals surface area contributed by atoms with Crippen LogP contribution in [0.25, 0.3) is 0 Å². The monoisotopic (exact) mass is 365 g/mol. The number of unbranched alkanes of at least 4 members (excludes halogenated alkanes) is 1. The van der Waals surface area contributed by atoms with Gasteiger partial charge in [0.05, 0.1) is 15.4 Å². The highest BCUT2D eigenvalue weighted by Crippen LogP contribution is 2.30. The molecular weight excluding hydrogens is 350 g/mol. The molecule has 10 nitrogen and oxygen atoms in total. The Labute approximate surface area is 146 Å². The third kappa shape index (κ3) is 4.32. The Morgan fingerprint density at radius 2 is 1.80 bits per heavy atom. The van der Waals surface area contributed by atoms with Crippen molar-refractivity contribution in [2.24, 2.45) is 0 Å².